The van der Waals surface area contributed by atoms with Crippen molar-refractivity contribution < 1.29 is 13.2 Å². The number of ether oxygens (including phenoxy) is 1. The summed E-state index contributed by atoms with van der Waals surface area (Å²) in [5.41, 5.74) is 0.252. The zero-order valence-electron chi connectivity index (χ0n) is 12.3. The molecule has 1 fully saturated rings. The van der Waals surface area contributed by atoms with Crippen molar-refractivity contribution in [2.24, 2.45) is 0 Å². The number of hydrogen-bond donors (Lipinski definition) is 1. The predicted octanol–water partition coefficient (Wildman–Crippen LogP) is 1.21. The summed E-state index contributed by atoms with van der Waals surface area (Å²) in [6, 6.07) is 5.75. The lowest BCUT2D eigenvalue weighted by Gasteiger charge is -2.29. The van der Waals surface area contributed by atoms with Crippen LogP contribution in [-0.2, 0) is 14.8 Å². The fraction of sp³-hybridized carbons (Fsp3) is 0.500. The van der Waals surface area contributed by atoms with Crippen LogP contribution < -0.4 is 4.72 Å². The van der Waals surface area contributed by atoms with Gasteiger partial charge in [-0.05, 0) is 25.1 Å². The second kappa shape index (κ2) is 7.40. The Morgan fingerprint density at radius 1 is 1.45 bits per heavy atom. The van der Waals surface area contributed by atoms with E-state index >= 15 is 0 Å². The van der Waals surface area contributed by atoms with Gasteiger partial charge in [-0.1, -0.05) is 11.6 Å². The molecule has 8 heteroatoms. The molecule has 0 amide bonds. The molecule has 120 valence electrons. The lowest BCUT2D eigenvalue weighted by atomic mass is 10.2. The Morgan fingerprint density at radius 2 is 2.14 bits per heavy atom. The molecule has 1 aromatic carbocycles. The zero-order valence-corrected chi connectivity index (χ0v) is 13.8. The Kier molecular flexibility index (Phi) is 5.78. The average Bonchev–Trinajstić information content (AvgIpc) is 2.47. The number of nitrogens with one attached hydrogen (secondary N) is 1. The van der Waals surface area contributed by atoms with E-state index in [1.807, 2.05) is 13.0 Å². The lowest BCUT2D eigenvalue weighted by molar-refractivity contribution is 0.0354. The van der Waals surface area contributed by atoms with Crippen molar-refractivity contribution in [2.45, 2.75) is 17.9 Å². The molecule has 6 nitrogen and oxygen atoms in total. The van der Waals surface area contributed by atoms with Gasteiger partial charge in [-0.3, -0.25) is 4.90 Å². The largest absolute Gasteiger partial charge is 0.379 e. The molecule has 2 rings (SSSR count). The summed E-state index contributed by atoms with van der Waals surface area (Å²) < 4.78 is 32.6. The summed E-state index contributed by atoms with van der Waals surface area (Å²) >= 11 is 5.89. The monoisotopic (exact) mass is 343 g/mol. The normalized spacial score (nSPS) is 17.9. The highest BCUT2D eigenvalue weighted by molar-refractivity contribution is 7.89. The molecule has 22 heavy (non-hydrogen) atoms. The number of nitriles is 1. The molecule has 1 aliphatic heterocycles. The minimum absolute atomic E-state index is 0.0605. The van der Waals surface area contributed by atoms with Crippen LogP contribution in [0.4, 0.5) is 0 Å². The van der Waals surface area contributed by atoms with E-state index in [1.54, 1.807) is 0 Å². The molecule has 0 unspecified atom stereocenters. The first-order valence-electron chi connectivity index (χ1n) is 6.94. The van der Waals surface area contributed by atoms with Gasteiger partial charge < -0.3 is 4.74 Å². The minimum Gasteiger partial charge on any atom is -0.379 e. The van der Waals surface area contributed by atoms with E-state index in [4.69, 9.17) is 21.6 Å². The lowest BCUT2D eigenvalue weighted by Crippen LogP contribution is -2.45. The van der Waals surface area contributed by atoms with Crippen LogP contribution in [0.25, 0.3) is 0 Å². The second-order valence-electron chi connectivity index (χ2n) is 5.19. The Labute approximate surface area is 135 Å². The van der Waals surface area contributed by atoms with E-state index in [9.17, 15) is 8.42 Å². The predicted molar refractivity (Wildman–Crippen MR) is 83.2 cm³/mol. The van der Waals surface area contributed by atoms with Gasteiger partial charge in [-0.25, -0.2) is 13.1 Å². The van der Waals surface area contributed by atoms with E-state index in [0.29, 0.717) is 19.8 Å². The van der Waals surface area contributed by atoms with E-state index in [1.165, 1.54) is 18.2 Å². The van der Waals surface area contributed by atoms with Crippen molar-refractivity contribution in [2.75, 3.05) is 32.8 Å². The fourth-order valence-corrected chi connectivity index (χ4v) is 3.84. The van der Waals surface area contributed by atoms with Crippen LogP contribution in [0.1, 0.15) is 12.5 Å². The number of morpholine rings is 1. The van der Waals surface area contributed by atoms with Gasteiger partial charge in [-0.2, -0.15) is 5.26 Å². The molecule has 1 saturated heterocycles. The van der Waals surface area contributed by atoms with Crippen LogP contribution >= 0.6 is 11.6 Å². The van der Waals surface area contributed by atoms with Crippen LogP contribution in [0.2, 0.25) is 5.02 Å². The Bertz CT molecular complexity index is 666. The molecule has 1 heterocycles. The van der Waals surface area contributed by atoms with Crippen LogP contribution in [0.3, 0.4) is 0 Å². The summed E-state index contributed by atoms with van der Waals surface area (Å²) in [7, 11) is -3.66. The highest BCUT2D eigenvalue weighted by Crippen LogP contribution is 2.20. The number of hydrogen-bond acceptors (Lipinski definition) is 5. The van der Waals surface area contributed by atoms with Gasteiger partial charge in [0.15, 0.2) is 0 Å². The van der Waals surface area contributed by atoms with Gasteiger partial charge in [0.2, 0.25) is 10.0 Å². The second-order valence-corrected chi connectivity index (χ2v) is 7.31. The molecule has 1 atom stereocenters. The third kappa shape index (κ3) is 4.41. The zero-order chi connectivity index (χ0) is 16.2. The summed E-state index contributed by atoms with van der Waals surface area (Å²) in [6.45, 7) is 5.38. The molecule has 1 aromatic rings. The molecular formula is C14H18ClN3O3S. The van der Waals surface area contributed by atoms with Crippen molar-refractivity contribution in [1.29, 1.82) is 5.26 Å². The Hall–Kier alpha value is -1.17. The smallest absolute Gasteiger partial charge is 0.240 e. The number of sulfonamides is 1. The number of halogens is 1. The summed E-state index contributed by atoms with van der Waals surface area (Å²) in [5.74, 6) is 0. The number of rotatable bonds is 5. The minimum atomic E-state index is -3.66. The van der Waals surface area contributed by atoms with Crippen molar-refractivity contribution in [3.63, 3.8) is 0 Å². The van der Waals surface area contributed by atoms with Crippen molar-refractivity contribution in [3.05, 3.63) is 28.8 Å². The van der Waals surface area contributed by atoms with E-state index in [2.05, 4.69) is 9.62 Å². The van der Waals surface area contributed by atoms with E-state index < -0.39 is 10.0 Å². The van der Waals surface area contributed by atoms with Gasteiger partial charge in [0.25, 0.3) is 0 Å². The topological polar surface area (TPSA) is 82.4 Å². The summed E-state index contributed by atoms with van der Waals surface area (Å²) in [4.78, 5) is 2.22. The van der Waals surface area contributed by atoms with Gasteiger partial charge in [-0.15, -0.1) is 0 Å². The molecule has 0 bridgehead atoms. The first-order valence-corrected chi connectivity index (χ1v) is 8.80. The van der Waals surface area contributed by atoms with Crippen molar-refractivity contribution in [1.82, 2.24) is 9.62 Å². The Balaban J connectivity index is 2.03. The maximum atomic E-state index is 12.3. The molecule has 0 saturated carbocycles. The van der Waals surface area contributed by atoms with Gasteiger partial charge in [0.1, 0.15) is 6.07 Å². The van der Waals surface area contributed by atoms with Crippen LogP contribution in [0.15, 0.2) is 23.1 Å². The first-order chi connectivity index (χ1) is 10.4. The van der Waals surface area contributed by atoms with Crippen LogP contribution in [0.5, 0.6) is 0 Å². The van der Waals surface area contributed by atoms with E-state index in [-0.39, 0.29) is 21.5 Å². The highest BCUT2D eigenvalue weighted by Gasteiger charge is 2.21. The molecular weight excluding hydrogens is 326 g/mol. The third-order valence-corrected chi connectivity index (χ3v) is 5.26. The first kappa shape index (κ1) is 17.2. The van der Waals surface area contributed by atoms with Crippen LogP contribution in [0, 0.1) is 11.3 Å². The van der Waals surface area contributed by atoms with Crippen LogP contribution in [-0.4, -0.2) is 52.2 Å². The molecule has 0 aromatic heterocycles. The van der Waals surface area contributed by atoms with Gasteiger partial charge >= 0.3 is 0 Å². The fourth-order valence-electron chi connectivity index (χ4n) is 2.29. The average molecular weight is 344 g/mol. The molecule has 1 N–H and O–H groups in total. The number of nitrogens with zero attached hydrogens (tertiary/aromatic N) is 2. The number of benzene rings is 1. The molecule has 1 aliphatic rings. The molecule has 0 spiro atoms. The van der Waals surface area contributed by atoms with Gasteiger partial charge in [0, 0.05) is 25.7 Å². The molecule has 0 aliphatic carbocycles. The van der Waals surface area contributed by atoms with E-state index in [0.717, 1.165) is 13.1 Å². The SMILES string of the molecule is C[C@@H](CN1CCOCC1)NS(=O)(=O)c1ccc(C#N)c(Cl)c1. The third-order valence-electron chi connectivity index (χ3n) is 3.36. The maximum absolute atomic E-state index is 12.3. The Morgan fingerprint density at radius 3 is 2.73 bits per heavy atom. The van der Waals surface area contributed by atoms with Gasteiger partial charge in [0.05, 0.1) is 28.7 Å². The summed E-state index contributed by atoms with van der Waals surface area (Å²) in [5, 5.41) is 8.96. The standard InChI is InChI=1S/C14H18ClN3O3S/c1-11(10-18-4-6-21-7-5-18)17-22(19,20)13-3-2-12(9-16)14(15)8-13/h2-3,8,11,17H,4-7,10H2,1H3/t11-/m0/s1. The quantitative estimate of drug-likeness (QED) is 0.869. The molecule has 0 radical (unpaired) electrons. The highest BCUT2D eigenvalue weighted by atomic mass is 35.5. The maximum Gasteiger partial charge on any atom is 0.240 e. The summed E-state index contributed by atoms with van der Waals surface area (Å²) in [6.07, 6.45) is 0. The van der Waals surface area contributed by atoms with Crippen molar-refractivity contribution >= 4 is 21.6 Å². The van der Waals surface area contributed by atoms with Crippen molar-refractivity contribution in [3.8, 4) is 6.07 Å².